The summed E-state index contributed by atoms with van der Waals surface area (Å²) in [6.45, 7) is 5.18. The zero-order chi connectivity index (χ0) is 16.5. The highest BCUT2D eigenvalue weighted by Gasteiger charge is 2.10. The molecule has 0 aliphatic carbocycles. The maximum Gasteiger partial charge on any atom is 0.119 e. The van der Waals surface area contributed by atoms with Crippen LogP contribution in [0, 0.1) is 0 Å². The lowest BCUT2D eigenvalue weighted by atomic mass is 10.1. The van der Waals surface area contributed by atoms with Crippen LogP contribution in [0.4, 0.5) is 5.69 Å². The molecule has 0 atom stereocenters. The molecule has 128 valence electrons. The van der Waals surface area contributed by atoms with Gasteiger partial charge in [0, 0.05) is 18.8 Å². The Bertz CT molecular complexity index is 594. The van der Waals surface area contributed by atoms with Crippen molar-refractivity contribution in [2.24, 2.45) is 0 Å². The number of nitrogens with one attached hydrogen (secondary N) is 1. The fourth-order valence-corrected chi connectivity index (χ4v) is 3.16. The lowest BCUT2D eigenvalue weighted by molar-refractivity contribution is 0.220. The summed E-state index contributed by atoms with van der Waals surface area (Å²) in [6.07, 6.45) is 5.05. The smallest absolute Gasteiger partial charge is 0.119 e. The summed E-state index contributed by atoms with van der Waals surface area (Å²) in [4.78, 5) is 2.55. The van der Waals surface area contributed by atoms with E-state index in [1.165, 1.54) is 43.6 Å². The van der Waals surface area contributed by atoms with Gasteiger partial charge in [0.25, 0.3) is 0 Å². The largest absolute Gasteiger partial charge is 0.494 e. The van der Waals surface area contributed by atoms with Crippen LogP contribution in [0.2, 0.25) is 0 Å². The molecule has 1 N–H and O–H groups in total. The molecule has 2 aromatic carbocycles. The molecule has 0 aromatic heterocycles. The van der Waals surface area contributed by atoms with E-state index in [0.717, 1.165) is 31.9 Å². The Morgan fingerprint density at radius 2 is 1.75 bits per heavy atom. The lowest BCUT2D eigenvalue weighted by Gasteiger charge is -2.26. The molecular formula is C21H28N2O. The van der Waals surface area contributed by atoms with Crippen molar-refractivity contribution < 1.29 is 4.74 Å². The fourth-order valence-electron chi connectivity index (χ4n) is 3.16. The van der Waals surface area contributed by atoms with Crippen molar-refractivity contribution in [1.29, 1.82) is 0 Å². The maximum absolute atomic E-state index is 5.92. The second-order valence-electron chi connectivity index (χ2n) is 6.48. The van der Waals surface area contributed by atoms with Gasteiger partial charge in [-0.15, -0.1) is 0 Å². The molecule has 2 aromatic rings. The molecule has 0 unspecified atom stereocenters. The van der Waals surface area contributed by atoms with Crippen molar-refractivity contribution >= 4 is 5.69 Å². The van der Waals surface area contributed by atoms with Crippen LogP contribution in [-0.2, 0) is 6.54 Å². The first-order chi connectivity index (χ1) is 11.9. The van der Waals surface area contributed by atoms with Crippen molar-refractivity contribution in [2.45, 2.75) is 32.2 Å². The average Bonchev–Trinajstić information content (AvgIpc) is 2.63. The van der Waals surface area contributed by atoms with Crippen LogP contribution < -0.4 is 10.1 Å². The Labute approximate surface area is 145 Å². The Hall–Kier alpha value is -2.00. The van der Waals surface area contributed by atoms with E-state index in [4.69, 9.17) is 4.74 Å². The van der Waals surface area contributed by atoms with Gasteiger partial charge in [-0.05, 0) is 62.2 Å². The molecule has 0 radical (unpaired) electrons. The molecule has 0 spiro atoms. The molecular weight excluding hydrogens is 296 g/mol. The first-order valence-corrected chi connectivity index (χ1v) is 9.13. The molecule has 1 saturated heterocycles. The molecule has 24 heavy (non-hydrogen) atoms. The molecule has 1 aliphatic heterocycles. The first kappa shape index (κ1) is 16.8. The predicted molar refractivity (Wildman–Crippen MR) is 101 cm³/mol. The highest BCUT2D eigenvalue weighted by Crippen LogP contribution is 2.17. The summed E-state index contributed by atoms with van der Waals surface area (Å²) in [7, 11) is 0. The maximum atomic E-state index is 5.92. The second kappa shape index (κ2) is 9.33. The number of anilines is 1. The van der Waals surface area contributed by atoms with E-state index in [1.54, 1.807) is 0 Å². The minimum Gasteiger partial charge on any atom is -0.494 e. The van der Waals surface area contributed by atoms with Crippen molar-refractivity contribution in [1.82, 2.24) is 4.90 Å². The lowest BCUT2D eigenvalue weighted by Crippen LogP contribution is -2.29. The van der Waals surface area contributed by atoms with Crippen molar-refractivity contribution in [3.63, 3.8) is 0 Å². The fraction of sp³-hybridized carbons (Fsp3) is 0.429. The van der Waals surface area contributed by atoms with Gasteiger partial charge in [0.15, 0.2) is 0 Å². The summed E-state index contributed by atoms with van der Waals surface area (Å²) in [5.74, 6) is 0.990. The van der Waals surface area contributed by atoms with E-state index >= 15 is 0 Å². The standard InChI is InChI=1S/C21H28N2O/c1-3-10-20(11-4-1)22-13-8-16-24-21-12-7-9-19(17-21)18-23-14-5-2-6-15-23/h1,3-4,7,9-12,17,22H,2,5-6,8,13-16,18H2. The van der Waals surface area contributed by atoms with Gasteiger partial charge < -0.3 is 10.1 Å². The summed E-state index contributed by atoms with van der Waals surface area (Å²) in [5.41, 5.74) is 2.53. The van der Waals surface area contributed by atoms with Gasteiger partial charge in [-0.3, -0.25) is 4.90 Å². The van der Waals surface area contributed by atoms with Gasteiger partial charge in [0.1, 0.15) is 5.75 Å². The number of benzene rings is 2. The topological polar surface area (TPSA) is 24.5 Å². The summed E-state index contributed by atoms with van der Waals surface area (Å²) >= 11 is 0. The van der Waals surface area contributed by atoms with Crippen molar-refractivity contribution in [2.75, 3.05) is 31.6 Å². The Balaban J connectivity index is 1.38. The van der Waals surface area contributed by atoms with Gasteiger partial charge >= 0.3 is 0 Å². The van der Waals surface area contributed by atoms with Crippen LogP contribution in [-0.4, -0.2) is 31.1 Å². The van der Waals surface area contributed by atoms with Crippen LogP contribution in [0.1, 0.15) is 31.2 Å². The Morgan fingerprint density at radius 3 is 2.58 bits per heavy atom. The second-order valence-corrected chi connectivity index (χ2v) is 6.48. The molecule has 1 aliphatic rings. The Kier molecular flexibility index (Phi) is 6.55. The number of piperidine rings is 1. The molecule has 3 heteroatoms. The molecule has 0 amide bonds. The monoisotopic (exact) mass is 324 g/mol. The van der Waals surface area contributed by atoms with Crippen LogP contribution in [0.15, 0.2) is 54.6 Å². The third-order valence-electron chi connectivity index (χ3n) is 4.45. The van der Waals surface area contributed by atoms with Crippen LogP contribution in [0.5, 0.6) is 5.75 Å². The van der Waals surface area contributed by atoms with Gasteiger partial charge in [-0.1, -0.05) is 36.8 Å². The molecule has 1 fully saturated rings. The number of para-hydroxylation sites is 1. The molecule has 0 saturated carbocycles. The molecule has 3 rings (SSSR count). The zero-order valence-corrected chi connectivity index (χ0v) is 14.4. The third kappa shape index (κ3) is 5.57. The quantitative estimate of drug-likeness (QED) is 0.721. The third-order valence-corrected chi connectivity index (χ3v) is 4.45. The molecule has 1 heterocycles. The highest BCUT2D eigenvalue weighted by molar-refractivity contribution is 5.42. The molecule has 3 nitrogen and oxygen atoms in total. The van der Waals surface area contributed by atoms with Crippen LogP contribution in [0.25, 0.3) is 0 Å². The van der Waals surface area contributed by atoms with Gasteiger partial charge in [-0.25, -0.2) is 0 Å². The minimum absolute atomic E-state index is 0.743. The average molecular weight is 324 g/mol. The summed E-state index contributed by atoms with van der Waals surface area (Å²) in [5, 5.41) is 3.41. The van der Waals surface area contributed by atoms with E-state index in [9.17, 15) is 0 Å². The van der Waals surface area contributed by atoms with E-state index in [1.807, 2.05) is 18.2 Å². The number of hydrogen-bond donors (Lipinski definition) is 1. The van der Waals surface area contributed by atoms with E-state index < -0.39 is 0 Å². The Morgan fingerprint density at radius 1 is 0.917 bits per heavy atom. The number of rotatable bonds is 8. The number of nitrogens with zero attached hydrogens (tertiary/aromatic N) is 1. The number of hydrogen-bond acceptors (Lipinski definition) is 3. The number of likely N-dealkylation sites (tertiary alicyclic amines) is 1. The number of ether oxygens (including phenoxy) is 1. The van der Waals surface area contributed by atoms with Crippen LogP contribution >= 0.6 is 0 Å². The summed E-state index contributed by atoms with van der Waals surface area (Å²) < 4.78 is 5.92. The van der Waals surface area contributed by atoms with Gasteiger partial charge in [-0.2, -0.15) is 0 Å². The SMILES string of the molecule is c1ccc(NCCCOc2cccc(CN3CCCCC3)c2)cc1. The van der Waals surface area contributed by atoms with Crippen LogP contribution in [0.3, 0.4) is 0 Å². The zero-order valence-electron chi connectivity index (χ0n) is 14.4. The minimum atomic E-state index is 0.743. The highest BCUT2D eigenvalue weighted by atomic mass is 16.5. The summed E-state index contributed by atoms with van der Waals surface area (Å²) in [6, 6.07) is 18.9. The normalized spacial score (nSPS) is 15.2. The van der Waals surface area contributed by atoms with Crippen molar-refractivity contribution in [3.05, 3.63) is 60.2 Å². The van der Waals surface area contributed by atoms with E-state index in [-0.39, 0.29) is 0 Å². The van der Waals surface area contributed by atoms with Gasteiger partial charge in [0.05, 0.1) is 6.61 Å². The van der Waals surface area contributed by atoms with Crippen molar-refractivity contribution in [3.8, 4) is 5.75 Å². The predicted octanol–water partition coefficient (Wildman–Crippen LogP) is 4.55. The van der Waals surface area contributed by atoms with E-state index in [2.05, 4.69) is 46.6 Å². The van der Waals surface area contributed by atoms with E-state index in [0.29, 0.717) is 0 Å². The first-order valence-electron chi connectivity index (χ1n) is 9.13. The van der Waals surface area contributed by atoms with Gasteiger partial charge in [0.2, 0.25) is 0 Å². The molecule has 0 bridgehead atoms.